The highest BCUT2D eigenvalue weighted by Gasteiger charge is 2.46. The first-order chi connectivity index (χ1) is 29.3. The summed E-state index contributed by atoms with van der Waals surface area (Å²) >= 11 is 0. The highest BCUT2D eigenvalue weighted by Crippen LogP contribution is 2.59. The normalized spacial score (nSPS) is 13.2. The first-order valence-corrected chi connectivity index (χ1v) is 20.2. The van der Waals surface area contributed by atoms with E-state index in [-0.39, 0.29) is 0 Å². The maximum atomic E-state index is 7.03. The molecule has 0 saturated heterocycles. The van der Waals surface area contributed by atoms with Gasteiger partial charge in [-0.25, -0.2) is 4.98 Å². The van der Waals surface area contributed by atoms with Crippen LogP contribution in [0.3, 0.4) is 0 Å². The van der Waals surface area contributed by atoms with E-state index in [4.69, 9.17) is 9.40 Å². The molecular weight excluding hydrogens is 717 g/mol. The summed E-state index contributed by atoms with van der Waals surface area (Å²) in [7, 11) is 0. The van der Waals surface area contributed by atoms with Crippen LogP contribution in [0.25, 0.3) is 66.0 Å². The van der Waals surface area contributed by atoms with E-state index in [1.165, 1.54) is 22.3 Å². The van der Waals surface area contributed by atoms with E-state index in [2.05, 4.69) is 223 Å². The topological polar surface area (TPSA) is 29.3 Å². The summed E-state index contributed by atoms with van der Waals surface area (Å²) in [4.78, 5) is 7.86. The summed E-state index contributed by atoms with van der Waals surface area (Å²) in [5, 5.41) is 5.54. The number of benzene rings is 9. The van der Waals surface area contributed by atoms with Gasteiger partial charge >= 0.3 is 0 Å². The standard InChI is InChI=1S/C56H36N2O/c1-4-20-37(21-5-1)54-44-36-43(55-53(42-28-12-19-35-51(42)59-55)52(44)41-27-10-15-31-47(41)57-54)40-26-11-16-32-48(40)58-49-33-17-13-29-45(49)56(38-22-6-2-7-23-38,39-24-8-3-9-25-39)46-30-14-18-34-50(46)58/h1-36H. The van der Waals surface area contributed by atoms with Gasteiger partial charge in [-0.1, -0.05) is 182 Å². The average molecular weight is 753 g/mol. The zero-order valence-electron chi connectivity index (χ0n) is 32.1. The van der Waals surface area contributed by atoms with Crippen molar-refractivity contribution in [2.75, 3.05) is 4.90 Å². The highest BCUT2D eigenvalue weighted by molar-refractivity contribution is 6.31. The number of pyridine rings is 1. The third-order valence-corrected chi connectivity index (χ3v) is 12.3. The molecule has 0 N–H and O–H groups in total. The molecule has 0 amide bonds. The number of aromatic nitrogens is 1. The SMILES string of the molecule is c1ccc(-c2nc3ccccc3c3c2cc(-c2ccccc2N2c4ccccc4C(c4ccccc4)(c4ccccc4)c4ccccc42)c2oc4ccccc4c23)cc1. The summed E-state index contributed by atoms with van der Waals surface area (Å²) in [6.45, 7) is 0. The van der Waals surface area contributed by atoms with E-state index >= 15 is 0 Å². The molecule has 12 rings (SSSR count). The van der Waals surface area contributed by atoms with Gasteiger partial charge in [-0.2, -0.15) is 0 Å². The van der Waals surface area contributed by atoms with Crippen LogP contribution >= 0.6 is 0 Å². The van der Waals surface area contributed by atoms with E-state index in [1.807, 2.05) is 0 Å². The van der Waals surface area contributed by atoms with Crippen LogP contribution in [0, 0.1) is 0 Å². The Bertz CT molecular complexity index is 3300. The van der Waals surface area contributed by atoms with Crippen LogP contribution in [-0.4, -0.2) is 4.98 Å². The lowest BCUT2D eigenvalue weighted by Crippen LogP contribution is -2.37. The van der Waals surface area contributed by atoms with Gasteiger partial charge in [0.05, 0.1) is 33.7 Å². The van der Waals surface area contributed by atoms with Crippen LogP contribution in [-0.2, 0) is 5.41 Å². The number of para-hydroxylation sites is 5. The molecule has 0 bridgehead atoms. The van der Waals surface area contributed by atoms with Gasteiger partial charge in [-0.3, -0.25) is 0 Å². The van der Waals surface area contributed by atoms with Crippen LogP contribution in [0.2, 0.25) is 0 Å². The molecule has 276 valence electrons. The van der Waals surface area contributed by atoms with Crippen molar-refractivity contribution in [3.63, 3.8) is 0 Å². The molecule has 0 unspecified atom stereocenters. The van der Waals surface area contributed by atoms with Crippen molar-refractivity contribution in [2.24, 2.45) is 0 Å². The van der Waals surface area contributed by atoms with Crippen molar-refractivity contribution in [2.45, 2.75) is 5.41 Å². The molecule has 11 aromatic rings. The van der Waals surface area contributed by atoms with Gasteiger partial charge in [-0.15, -0.1) is 0 Å². The smallest absolute Gasteiger partial charge is 0.143 e. The molecule has 3 heteroatoms. The molecule has 59 heavy (non-hydrogen) atoms. The summed E-state index contributed by atoms with van der Waals surface area (Å²) in [5.74, 6) is 0. The van der Waals surface area contributed by atoms with Gasteiger partial charge in [0.2, 0.25) is 0 Å². The van der Waals surface area contributed by atoms with Gasteiger partial charge in [0, 0.05) is 43.6 Å². The molecule has 9 aromatic carbocycles. The zero-order valence-corrected chi connectivity index (χ0v) is 32.1. The monoisotopic (exact) mass is 752 g/mol. The number of hydrogen-bond acceptors (Lipinski definition) is 3. The van der Waals surface area contributed by atoms with Crippen molar-refractivity contribution in [1.82, 2.24) is 4.98 Å². The van der Waals surface area contributed by atoms with E-state index in [0.717, 1.165) is 83.1 Å². The second-order valence-corrected chi connectivity index (χ2v) is 15.4. The Hall–Kier alpha value is -7.75. The molecule has 1 aliphatic heterocycles. The Kier molecular flexibility index (Phi) is 7.45. The lowest BCUT2D eigenvalue weighted by atomic mass is 9.62. The average Bonchev–Trinajstić information content (AvgIpc) is 3.71. The summed E-state index contributed by atoms with van der Waals surface area (Å²) < 4.78 is 7.03. The number of fused-ring (bicyclic) bond motifs is 9. The number of nitrogens with zero attached hydrogens (tertiary/aromatic N) is 2. The molecule has 1 aliphatic rings. The third kappa shape index (κ3) is 4.85. The maximum absolute atomic E-state index is 7.03. The lowest BCUT2D eigenvalue weighted by Gasteiger charge is -2.46. The fourth-order valence-corrected chi connectivity index (χ4v) is 9.91. The Balaban J connectivity index is 1.20. The van der Waals surface area contributed by atoms with E-state index in [0.29, 0.717) is 0 Å². The summed E-state index contributed by atoms with van der Waals surface area (Å²) in [6.07, 6.45) is 0. The van der Waals surface area contributed by atoms with Crippen LogP contribution in [0.1, 0.15) is 22.3 Å². The van der Waals surface area contributed by atoms with Gasteiger partial charge in [0.25, 0.3) is 0 Å². The van der Waals surface area contributed by atoms with Crippen LogP contribution in [0.4, 0.5) is 17.1 Å². The van der Waals surface area contributed by atoms with E-state index < -0.39 is 5.41 Å². The summed E-state index contributed by atoms with van der Waals surface area (Å²) in [5.41, 5.74) is 14.5. The third-order valence-electron chi connectivity index (χ3n) is 12.3. The van der Waals surface area contributed by atoms with Gasteiger partial charge < -0.3 is 9.32 Å². The number of rotatable bonds is 5. The van der Waals surface area contributed by atoms with Crippen molar-refractivity contribution >= 4 is 60.7 Å². The first kappa shape index (κ1) is 33.4. The molecule has 0 fully saturated rings. The van der Waals surface area contributed by atoms with Gasteiger partial charge in [-0.05, 0) is 58.7 Å². The second kappa shape index (κ2) is 13.2. The van der Waals surface area contributed by atoms with Crippen LogP contribution in [0.5, 0.6) is 0 Å². The minimum atomic E-state index is -0.562. The van der Waals surface area contributed by atoms with Gasteiger partial charge in [0.15, 0.2) is 0 Å². The Morgan fingerprint density at radius 3 is 1.61 bits per heavy atom. The lowest BCUT2D eigenvalue weighted by molar-refractivity contribution is 0.670. The molecule has 3 nitrogen and oxygen atoms in total. The van der Waals surface area contributed by atoms with Crippen LogP contribution in [0.15, 0.2) is 223 Å². The molecule has 0 atom stereocenters. The zero-order chi connectivity index (χ0) is 38.9. The number of furan rings is 1. The fourth-order valence-electron chi connectivity index (χ4n) is 9.91. The predicted molar refractivity (Wildman–Crippen MR) is 244 cm³/mol. The van der Waals surface area contributed by atoms with Gasteiger partial charge in [0.1, 0.15) is 11.2 Å². The second-order valence-electron chi connectivity index (χ2n) is 15.4. The van der Waals surface area contributed by atoms with Crippen molar-refractivity contribution in [1.29, 1.82) is 0 Å². The Morgan fingerprint density at radius 1 is 0.407 bits per heavy atom. The fraction of sp³-hybridized carbons (Fsp3) is 0.0179. The quantitative estimate of drug-likeness (QED) is 0.164. The summed E-state index contributed by atoms with van der Waals surface area (Å²) in [6, 6.07) is 78.5. The minimum absolute atomic E-state index is 0.562. The van der Waals surface area contributed by atoms with Crippen molar-refractivity contribution in [3.05, 3.63) is 241 Å². The Morgan fingerprint density at radius 2 is 0.932 bits per heavy atom. The van der Waals surface area contributed by atoms with Crippen molar-refractivity contribution in [3.8, 4) is 22.4 Å². The molecule has 3 heterocycles. The Labute approximate surface area is 342 Å². The number of hydrogen-bond donors (Lipinski definition) is 0. The molecule has 0 spiro atoms. The number of anilines is 3. The molecule has 0 aliphatic carbocycles. The molecule has 0 radical (unpaired) electrons. The maximum Gasteiger partial charge on any atom is 0.143 e. The molecule has 2 aromatic heterocycles. The molecular formula is C56H36N2O. The van der Waals surface area contributed by atoms with Crippen molar-refractivity contribution < 1.29 is 4.42 Å². The van der Waals surface area contributed by atoms with Crippen LogP contribution < -0.4 is 4.90 Å². The van der Waals surface area contributed by atoms with E-state index in [1.54, 1.807) is 0 Å². The van der Waals surface area contributed by atoms with E-state index in [9.17, 15) is 0 Å². The highest BCUT2D eigenvalue weighted by atomic mass is 16.3. The minimum Gasteiger partial charge on any atom is -0.455 e. The predicted octanol–water partition coefficient (Wildman–Crippen LogP) is 14.8. The first-order valence-electron chi connectivity index (χ1n) is 20.2. The largest absolute Gasteiger partial charge is 0.455 e. The molecule has 0 saturated carbocycles.